The number of carbonyl (C=O) groups is 3. The van der Waals surface area contributed by atoms with Crippen LogP contribution in [0.2, 0.25) is 0 Å². The summed E-state index contributed by atoms with van der Waals surface area (Å²) < 4.78 is 10.9. The Hall–Kier alpha value is -3.11. The molecule has 1 fully saturated rings. The van der Waals surface area contributed by atoms with Crippen molar-refractivity contribution in [3.63, 3.8) is 0 Å². The Kier molecular flexibility index (Phi) is 8.29. The summed E-state index contributed by atoms with van der Waals surface area (Å²) in [6, 6.07) is 11.4. The van der Waals surface area contributed by atoms with Crippen molar-refractivity contribution in [2.75, 3.05) is 19.8 Å². The minimum atomic E-state index is -1.01. The highest BCUT2D eigenvalue weighted by atomic mass is 79.9. The fraction of sp³-hybridized carbons (Fsp3) is 0.217. The molecule has 1 saturated heterocycles. The molecular formula is C23H21BrN2O6S. The Morgan fingerprint density at radius 1 is 1.18 bits per heavy atom. The molecule has 3 rings (SSSR count). The van der Waals surface area contributed by atoms with Gasteiger partial charge in [-0.3, -0.25) is 9.69 Å². The maximum atomic E-state index is 12.9. The van der Waals surface area contributed by atoms with Gasteiger partial charge < -0.3 is 14.6 Å². The highest BCUT2D eigenvalue weighted by Gasteiger charge is 2.32. The molecular weight excluding hydrogens is 512 g/mol. The largest absolute Gasteiger partial charge is 0.481 e. The molecule has 0 saturated carbocycles. The molecule has 1 N–H and O–H groups in total. The number of halogens is 1. The minimum Gasteiger partial charge on any atom is -0.481 e. The van der Waals surface area contributed by atoms with Crippen LogP contribution in [0.5, 0.6) is 5.75 Å². The Morgan fingerprint density at radius 2 is 1.91 bits per heavy atom. The molecule has 0 bridgehead atoms. The monoisotopic (exact) mass is 532 g/mol. The van der Waals surface area contributed by atoms with Crippen molar-refractivity contribution >= 4 is 62.5 Å². The van der Waals surface area contributed by atoms with Crippen LogP contribution in [0.4, 0.5) is 5.69 Å². The van der Waals surface area contributed by atoms with Gasteiger partial charge >= 0.3 is 11.9 Å². The smallest absolute Gasteiger partial charge is 0.344 e. The molecule has 172 valence electrons. The summed E-state index contributed by atoms with van der Waals surface area (Å²) in [7, 11) is 0. The van der Waals surface area contributed by atoms with Gasteiger partial charge in [-0.15, -0.1) is 0 Å². The lowest BCUT2D eigenvalue weighted by molar-refractivity contribution is -0.145. The molecule has 0 aromatic heterocycles. The third kappa shape index (κ3) is 6.23. The number of rotatable bonds is 8. The Bertz CT molecular complexity index is 1130. The number of hydrogen-bond donors (Lipinski definition) is 1. The van der Waals surface area contributed by atoms with Crippen molar-refractivity contribution < 1.29 is 29.0 Å². The summed E-state index contributed by atoms with van der Waals surface area (Å²) in [6.45, 7) is 4.12. The van der Waals surface area contributed by atoms with Crippen molar-refractivity contribution in [3.8, 4) is 5.75 Å². The zero-order valence-electron chi connectivity index (χ0n) is 17.9. The molecule has 1 amide bonds. The van der Waals surface area contributed by atoms with E-state index in [0.717, 1.165) is 5.56 Å². The highest BCUT2D eigenvalue weighted by Crippen LogP contribution is 2.35. The van der Waals surface area contributed by atoms with Crippen LogP contribution >= 0.6 is 27.7 Å². The van der Waals surface area contributed by atoms with Gasteiger partial charge in [-0.1, -0.05) is 6.07 Å². The predicted molar refractivity (Wildman–Crippen MR) is 130 cm³/mol. The first-order valence-electron chi connectivity index (χ1n) is 10.0. The van der Waals surface area contributed by atoms with E-state index in [0.29, 0.717) is 32.5 Å². The number of benzene rings is 2. The maximum Gasteiger partial charge on any atom is 0.344 e. The number of carbonyl (C=O) groups excluding carboxylic acids is 2. The van der Waals surface area contributed by atoms with Crippen LogP contribution in [-0.4, -0.2) is 52.8 Å². The van der Waals surface area contributed by atoms with Gasteiger partial charge in [0.25, 0.3) is 5.91 Å². The third-order valence-electron chi connectivity index (χ3n) is 4.45. The van der Waals surface area contributed by atoms with E-state index in [2.05, 4.69) is 20.9 Å². The van der Waals surface area contributed by atoms with E-state index < -0.39 is 11.9 Å². The van der Waals surface area contributed by atoms with Crippen LogP contribution in [-0.2, 0) is 14.3 Å². The van der Waals surface area contributed by atoms with Crippen LogP contribution in [0.25, 0.3) is 6.08 Å². The number of amidine groups is 1. The van der Waals surface area contributed by atoms with Gasteiger partial charge in [0.2, 0.25) is 0 Å². The number of amides is 1. The normalized spacial score (nSPS) is 15.8. The minimum absolute atomic E-state index is 0.165. The highest BCUT2D eigenvalue weighted by molar-refractivity contribution is 9.10. The van der Waals surface area contributed by atoms with Crippen LogP contribution in [0.1, 0.15) is 29.8 Å². The van der Waals surface area contributed by atoms with Gasteiger partial charge in [-0.25, -0.2) is 14.6 Å². The number of ether oxygens (including phenoxy) is 2. The first kappa shape index (κ1) is 24.5. The van der Waals surface area contributed by atoms with Gasteiger partial charge in [0.15, 0.2) is 11.8 Å². The molecule has 0 aliphatic carbocycles. The molecule has 2 aromatic rings. The molecule has 8 nitrogen and oxygen atoms in total. The molecule has 1 aliphatic rings. The van der Waals surface area contributed by atoms with Crippen molar-refractivity contribution in [3.05, 3.63) is 63.0 Å². The van der Waals surface area contributed by atoms with E-state index in [9.17, 15) is 14.4 Å². The summed E-state index contributed by atoms with van der Waals surface area (Å²) in [4.78, 5) is 41.9. The molecule has 10 heteroatoms. The number of carboxylic acids is 1. The number of likely N-dealkylation sites (N-methyl/N-ethyl adjacent to an activating group) is 1. The van der Waals surface area contributed by atoms with Crippen LogP contribution < -0.4 is 4.74 Å². The van der Waals surface area contributed by atoms with Gasteiger partial charge in [-0.2, -0.15) is 0 Å². The average molecular weight is 533 g/mol. The fourth-order valence-electron chi connectivity index (χ4n) is 2.87. The number of carboxylic acid groups (broad SMARTS) is 1. The average Bonchev–Trinajstić information content (AvgIpc) is 3.07. The van der Waals surface area contributed by atoms with E-state index in [1.165, 1.54) is 23.9 Å². The summed E-state index contributed by atoms with van der Waals surface area (Å²) in [5.74, 6) is -1.14. The lowest BCUT2D eigenvalue weighted by atomic mass is 10.2. The topological polar surface area (TPSA) is 106 Å². The lowest BCUT2D eigenvalue weighted by Gasteiger charge is -2.12. The molecule has 0 spiro atoms. The third-order valence-corrected chi connectivity index (χ3v) is 6.07. The zero-order chi connectivity index (χ0) is 24.0. The zero-order valence-corrected chi connectivity index (χ0v) is 20.3. The molecule has 1 heterocycles. The fourth-order valence-corrected chi connectivity index (χ4v) is 4.45. The second kappa shape index (κ2) is 11.2. The van der Waals surface area contributed by atoms with Crippen LogP contribution in [0, 0.1) is 0 Å². The van der Waals surface area contributed by atoms with Gasteiger partial charge in [0.05, 0.1) is 27.2 Å². The van der Waals surface area contributed by atoms with Crippen LogP contribution in [0.15, 0.2) is 56.8 Å². The first-order chi connectivity index (χ1) is 15.8. The SMILES string of the molecule is CCOC(=O)COc1ccc(/C=C2/SC(=Nc3ccc(C(=O)O)cc3)N(CC)C2=O)cc1Br. The van der Waals surface area contributed by atoms with E-state index >= 15 is 0 Å². The van der Waals surface area contributed by atoms with Gasteiger partial charge in [0.1, 0.15) is 5.75 Å². The Labute approximate surface area is 203 Å². The summed E-state index contributed by atoms with van der Waals surface area (Å²) in [5.41, 5.74) is 1.49. The number of hydrogen-bond acceptors (Lipinski definition) is 7. The second-order valence-corrected chi connectivity index (χ2v) is 8.55. The Morgan fingerprint density at radius 3 is 2.52 bits per heavy atom. The second-order valence-electron chi connectivity index (χ2n) is 6.69. The number of esters is 1. The number of aliphatic imine (C=N–C) groups is 1. The molecule has 0 radical (unpaired) electrons. The van der Waals surface area contributed by atoms with E-state index in [1.54, 1.807) is 48.2 Å². The summed E-state index contributed by atoms with van der Waals surface area (Å²) in [5, 5.41) is 9.55. The molecule has 33 heavy (non-hydrogen) atoms. The van der Waals surface area contributed by atoms with Crippen molar-refractivity contribution in [2.24, 2.45) is 4.99 Å². The molecule has 0 unspecified atom stereocenters. The lowest BCUT2D eigenvalue weighted by Crippen LogP contribution is -2.28. The standard InChI is InChI=1S/C23H21BrN2O6S/c1-3-26-21(28)19(33-23(26)25-16-8-6-15(7-9-16)22(29)30)12-14-5-10-18(17(24)11-14)32-13-20(27)31-4-2/h5-12H,3-4,13H2,1-2H3,(H,29,30)/b19-12+,25-23?. The molecule has 0 atom stereocenters. The van der Waals surface area contributed by atoms with E-state index in [-0.39, 0.29) is 24.7 Å². The van der Waals surface area contributed by atoms with E-state index in [4.69, 9.17) is 14.6 Å². The van der Waals surface area contributed by atoms with Crippen LogP contribution in [0.3, 0.4) is 0 Å². The maximum absolute atomic E-state index is 12.9. The summed E-state index contributed by atoms with van der Waals surface area (Å²) >= 11 is 4.67. The number of aromatic carboxylic acids is 1. The van der Waals surface area contributed by atoms with Gasteiger partial charge in [-0.05, 0) is 89.6 Å². The van der Waals surface area contributed by atoms with E-state index in [1.807, 2.05) is 6.92 Å². The number of thioether (sulfide) groups is 1. The van der Waals surface area contributed by atoms with Crippen molar-refractivity contribution in [1.82, 2.24) is 4.90 Å². The summed E-state index contributed by atoms with van der Waals surface area (Å²) in [6.07, 6.45) is 1.76. The Balaban J connectivity index is 1.78. The van der Waals surface area contributed by atoms with Crippen molar-refractivity contribution in [2.45, 2.75) is 13.8 Å². The molecule has 1 aliphatic heterocycles. The molecule has 2 aromatic carbocycles. The predicted octanol–water partition coefficient (Wildman–Crippen LogP) is 4.71. The number of nitrogens with zero attached hydrogens (tertiary/aromatic N) is 2. The quantitative estimate of drug-likeness (QED) is 0.387. The van der Waals surface area contributed by atoms with Crippen molar-refractivity contribution in [1.29, 1.82) is 0 Å². The van der Waals surface area contributed by atoms with Gasteiger partial charge in [0, 0.05) is 6.54 Å². The first-order valence-corrected chi connectivity index (χ1v) is 11.6.